The van der Waals surface area contributed by atoms with Crippen LogP contribution in [0.4, 0.5) is 24.5 Å². The van der Waals surface area contributed by atoms with Gasteiger partial charge in [0.1, 0.15) is 0 Å². The van der Waals surface area contributed by atoms with E-state index in [0.29, 0.717) is 29.7 Å². The van der Waals surface area contributed by atoms with Gasteiger partial charge in [-0.25, -0.2) is 0 Å². The Labute approximate surface area is 178 Å². The van der Waals surface area contributed by atoms with E-state index in [0.717, 1.165) is 34.3 Å². The fraction of sp³-hybridized carbons (Fsp3) is 0.320. The average molecular weight is 424 g/mol. The van der Waals surface area contributed by atoms with Crippen molar-refractivity contribution >= 4 is 27.9 Å². The summed E-state index contributed by atoms with van der Waals surface area (Å²) in [5, 5.41) is 15.2. The molecule has 0 bridgehead atoms. The third-order valence-corrected chi connectivity index (χ3v) is 6.58. The van der Waals surface area contributed by atoms with E-state index in [1.807, 2.05) is 55.5 Å². The molecule has 1 heterocycles. The molecule has 2 aromatic carbocycles. The summed E-state index contributed by atoms with van der Waals surface area (Å²) in [6.45, 7) is 1.92. The van der Waals surface area contributed by atoms with Crippen LogP contribution in [0, 0.1) is 12.8 Å². The lowest BCUT2D eigenvalue weighted by Crippen LogP contribution is -2.55. The summed E-state index contributed by atoms with van der Waals surface area (Å²) in [5.41, 5.74) is 2.23. The number of fused-ring (bicyclic) bond motifs is 4. The molecule has 2 N–H and O–H groups in total. The number of aryl methyl sites for hydroxylation is 1. The normalized spacial score (nSPS) is 23.1. The fourth-order valence-electron chi connectivity index (χ4n) is 5.04. The van der Waals surface area contributed by atoms with Crippen LogP contribution < -0.4 is 5.32 Å². The van der Waals surface area contributed by atoms with Crippen LogP contribution in [0.5, 0.6) is 0 Å². The first-order valence-corrected chi connectivity index (χ1v) is 10.5. The molecule has 1 aromatic heterocycles. The van der Waals surface area contributed by atoms with Crippen molar-refractivity contribution in [1.29, 1.82) is 0 Å². The summed E-state index contributed by atoms with van der Waals surface area (Å²) < 4.78 is 42.3. The van der Waals surface area contributed by atoms with Gasteiger partial charge in [-0.15, -0.1) is 0 Å². The molecule has 2 aliphatic rings. The van der Waals surface area contributed by atoms with E-state index in [4.69, 9.17) is 0 Å². The maximum Gasteiger partial charge on any atom is 0.418 e. The molecule has 31 heavy (non-hydrogen) atoms. The highest BCUT2D eigenvalue weighted by atomic mass is 19.4. The van der Waals surface area contributed by atoms with Gasteiger partial charge in [0.25, 0.3) is 0 Å². The second-order valence-corrected chi connectivity index (χ2v) is 8.52. The minimum absolute atomic E-state index is 0.341. The van der Waals surface area contributed by atoms with Crippen molar-refractivity contribution in [2.24, 2.45) is 5.92 Å². The first-order valence-electron chi connectivity index (χ1n) is 10.5. The third-order valence-electron chi connectivity index (χ3n) is 6.58. The van der Waals surface area contributed by atoms with Gasteiger partial charge in [0.15, 0.2) is 5.60 Å². The molecule has 0 amide bonds. The Hall–Kier alpha value is -2.86. The zero-order valence-electron chi connectivity index (χ0n) is 17.1. The highest BCUT2D eigenvalue weighted by Gasteiger charge is 2.61. The molecule has 3 nitrogen and oxygen atoms in total. The Bertz CT molecular complexity index is 1200. The molecule has 0 saturated heterocycles. The monoisotopic (exact) mass is 424 g/mol. The van der Waals surface area contributed by atoms with Gasteiger partial charge in [-0.2, -0.15) is 13.2 Å². The number of aliphatic hydroxyl groups is 1. The number of rotatable bonds is 2. The SMILES string of the molecule is Cc1ccc2c(Nc3cccc4c3CC(O)(C(F)(F)F)C3CCCC=C43)cccc2n1. The standard InChI is InChI=1S/C25H23F3N2O/c1-15-12-13-18-21(29-15)10-5-11-22(18)30-23-9-4-7-16-17-6-2-3-8-20(17)24(31,14-19(16)23)25(26,27)28/h4-7,9-13,20,30-31H,2-3,8,14H2,1H3. The smallest absolute Gasteiger partial charge is 0.380 e. The third kappa shape index (κ3) is 3.21. The zero-order chi connectivity index (χ0) is 21.8. The highest BCUT2D eigenvalue weighted by molar-refractivity contribution is 5.94. The van der Waals surface area contributed by atoms with Crippen LogP contribution in [-0.4, -0.2) is 21.9 Å². The quantitative estimate of drug-likeness (QED) is 0.506. The van der Waals surface area contributed by atoms with Gasteiger partial charge >= 0.3 is 6.18 Å². The molecule has 3 aromatic rings. The summed E-state index contributed by atoms with van der Waals surface area (Å²) in [7, 11) is 0. The molecular weight excluding hydrogens is 401 g/mol. The van der Waals surface area contributed by atoms with E-state index >= 15 is 0 Å². The van der Waals surface area contributed by atoms with Crippen LogP contribution in [-0.2, 0) is 6.42 Å². The van der Waals surface area contributed by atoms with E-state index in [-0.39, 0.29) is 0 Å². The van der Waals surface area contributed by atoms with Crippen LogP contribution in [0.2, 0.25) is 0 Å². The van der Waals surface area contributed by atoms with Gasteiger partial charge in [-0.3, -0.25) is 4.98 Å². The van der Waals surface area contributed by atoms with Crippen LogP contribution in [0.15, 0.2) is 54.6 Å². The molecule has 6 heteroatoms. The lowest BCUT2D eigenvalue weighted by atomic mass is 9.65. The topological polar surface area (TPSA) is 45.1 Å². The van der Waals surface area contributed by atoms with E-state index in [2.05, 4.69) is 10.3 Å². The zero-order valence-corrected chi connectivity index (χ0v) is 17.1. The Morgan fingerprint density at radius 3 is 2.65 bits per heavy atom. The first kappa shape index (κ1) is 20.1. The Morgan fingerprint density at radius 1 is 1.06 bits per heavy atom. The van der Waals surface area contributed by atoms with Crippen molar-refractivity contribution in [2.75, 3.05) is 5.32 Å². The minimum atomic E-state index is -4.71. The number of anilines is 2. The van der Waals surface area contributed by atoms with Gasteiger partial charge < -0.3 is 10.4 Å². The predicted octanol–water partition coefficient (Wildman–Crippen LogP) is 6.32. The van der Waals surface area contributed by atoms with Gasteiger partial charge in [0.05, 0.1) is 5.52 Å². The second kappa shape index (κ2) is 7.09. The molecule has 0 fully saturated rings. The molecule has 160 valence electrons. The van der Waals surface area contributed by atoms with Crippen LogP contribution >= 0.6 is 0 Å². The summed E-state index contributed by atoms with van der Waals surface area (Å²) in [6.07, 6.45) is -1.57. The lowest BCUT2D eigenvalue weighted by Gasteiger charge is -2.45. The van der Waals surface area contributed by atoms with Gasteiger partial charge in [0, 0.05) is 34.8 Å². The number of benzene rings is 2. The number of hydrogen-bond donors (Lipinski definition) is 2. The number of nitrogens with zero attached hydrogens (tertiary/aromatic N) is 1. The van der Waals surface area contributed by atoms with Gasteiger partial charge in [-0.1, -0.05) is 24.3 Å². The van der Waals surface area contributed by atoms with Crippen molar-refractivity contribution in [1.82, 2.24) is 4.98 Å². The molecule has 2 aliphatic carbocycles. The summed E-state index contributed by atoms with van der Waals surface area (Å²) in [6, 6.07) is 15.1. The number of allylic oxidation sites excluding steroid dienone is 1. The Kier molecular flexibility index (Phi) is 4.59. The van der Waals surface area contributed by atoms with E-state index in [9.17, 15) is 18.3 Å². The van der Waals surface area contributed by atoms with E-state index in [1.54, 1.807) is 6.07 Å². The molecule has 0 spiro atoms. The molecule has 2 atom stereocenters. The largest absolute Gasteiger partial charge is 0.418 e. The number of pyridine rings is 1. The molecule has 0 aliphatic heterocycles. The Balaban J connectivity index is 1.64. The molecule has 2 unspecified atom stereocenters. The summed E-state index contributed by atoms with van der Waals surface area (Å²) in [4.78, 5) is 4.54. The minimum Gasteiger partial charge on any atom is -0.380 e. The second-order valence-electron chi connectivity index (χ2n) is 8.52. The van der Waals surface area contributed by atoms with Crippen molar-refractivity contribution in [3.05, 3.63) is 71.4 Å². The number of nitrogens with one attached hydrogen (secondary N) is 1. The molecular formula is C25H23F3N2O. The predicted molar refractivity (Wildman–Crippen MR) is 116 cm³/mol. The number of hydrogen-bond acceptors (Lipinski definition) is 3. The summed E-state index contributed by atoms with van der Waals surface area (Å²) >= 11 is 0. The number of halogens is 3. The van der Waals surface area contributed by atoms with Crippen molar-refractivity contribution in [3.63, 3.8) is 0 Å². The maximum atomic E-state index is 14.1. The maximum absolute atomic E-state index is 14.1. The lowest BCUT2D eigenvalue weighted by molar-refractivity contribution is -0.274. The summed E-state index contributed by atoms with van der Waals surface area (Å²) in [5.74, 6) is -0.922. The molecule has 0 radical (unpaired) electrons. The first-order chi connectivity index (χ1) is 14.8. The van der Waals surface area contributed by atoms with Crippen molar-refractivity contribution in [3.8, 4) is 0 Å². The average Bonchev–Trinajstić information content (AvgIpc) is 2.74. The highest BCUT2D eigenvalue weighted by Crippen LogP contribution is 2.53. The number of aromatic nitrogens is 1. The van der Waals surface area contributed by atoms with Crippen molar-refractivity contribution < 1.29 is 18.3 Å². The van der Waals surface area contributed by atoms with Crippen LogP contribution in [0.1, 0.15) is 36.1 Å². The van der Waals surface area contributed by atoms with Crippen LogP contribution in [0.25, 0.3) is 16.5 Å². The molecule has 5 rings (SSSR count). The van der Waals surface area contributed by atoms with Crippen LogP contribution in [0.3, 0.4) is 0 Å². The Morgan fingerprint density at radius 2 is 1.84 bits per heavy atom. The van der Waals surface area contributed by atoms with Gasteiger partial charge in [-0.05, 0) is 73.2 Å². The van der Waals surface area contributed by atoms with E-state index < -0.39 is 24.1 Å². The van der Waals surface area contributed by atoms with Gasteiger partial charge in [0.2, 0.25) is 0 Å². The van der Waals surface area contributed by atoms with Crippen molar-refractivity contribution in [2.45, 2.75) is 44.4 Å². The van der Waals surface area contributed by atoms with E-state index in [1.165, 1.54) is 0 Å². The number of alkyl halides is 3. The molecule has 0 saturated carbocycles. The fourth-order valence-corrected chi connectivity index (χ4v) is 5.04.